The van der Waals surface area contributed by atoms with Crippen molar-refractivity contribution < 1.29 is 14.3 Å². The Morgan fingerprint density at radius 1 is 1.08 bits per heavy atom. The lowest BCUT2D eigenvalue weighted by Gasteiger charge is -2.11. The standard InChI is InChI=1S/C23H28O3/c1-4-25-23(24)15-7-5-6-12-20-13-9-14-21(16-20)26-17-22-18(2)10-8-11-19(22)3/h6,8-14,16H,4-5,7,15,17H2,1-3H3/b12-6+. The highest BCUT2D eigenvalue weighted by Gasteiger charge is 2.03. The topological polar surface area (TPSA) is 35.5 Å². The van der Waals surface area contributed by atoms with E-state index in [2.05, 4.69) is 44.2 Å². The number of ether oxygens (including phenoxy) is 2. The molecule has 0 radical (unpaired) electrons. The molecule has 0 spiro atoms. The van der Waals surface area contributed by atoms with Gasteiger partial charge in [0.05, 0.1) is 6.61 Å². The van der Waals surface area contributed by atoms with Crippen molar-refractivity contribution in [3.63, 3.8) is 0 Å². The van der Waals surface area contributed by atoms with E-state index in [4.69, 9.17) is 9.47 Å². The van der Waals surface area contributed by atoms with E-state index in [0.717, 1.165) is 24.2 Å². The van der Waals surface area contributed by atoms with Crippen molar-refractivity contribution in [2.24, 2.45) is 0 Å². The number of rotatable bonds is 9. The van der Waals surface area contributed by atoms with Crippen molar-refractivity contribution in [1.82, 2.24) is 0 Å². The van der Waals surface area contributed by atoms with Gasteiger partial charge in [0, 0.05) is 6.42 Å². The maximum atomic E-state index is 11.3. The molecule has 0 saturated heterocycles. The first-order valence-corrected chi connectivity index (χ1v) is 9.20. The molecule has 3 heteroatoms. The molecule has 0 fully saturated rings. The molecule has 3 nitrogen and oxygen atoms in total. The molecular formula is C23H28O3. The van der Waals surface area contributed by atoms with Crippen molar-refractivity contribution in [3.05, 3.63) is 70.8 Å². The Hall–Kier alpha value is -2.55. The Labute approximate surface area is 156 Å². The lowest BCUT2D eigenvalue weighted by atomic mass is 10.0. The summed E-state index contributed by atoms with van der Waals surface area (Å²) in [7, 11) is 0. The Balaban J connectivity index is 1.85. The van der Waals surface area contributed by atoms with Gasteiger partial charge in [-0.25, -0.2) is 0 Å². The molecule has 0 amide bonds. The molecule has 0 heterocycles. The molecule has 0 saturated carbocycles. The number of carbonyl (C=O) groups is 1. The van der Waals surface area contributed by atoms with Crippen molar-refractivity contribution in [2.75, 3.05) is 6.61 Å². The van der Waals surface area contributed by atoms with Gasteiger partial charge in [0.2, 0.25) is 0 Å². The number of unbranched alkanes of at least 4 members (excludes halogenated alkanes) is 1. The zero-order valence-corrected chi connectivity index (χ0v) is 16.0. The molecule has 2 aromatic carbocycles. The second-order valence-corrected chi connectivity index (χ2v) is 6.33. The fourth-order valence-corrected chi connectivity index (χ4v) is 2.76. The monoisotopic (exact) mass is 352 g/mol. The summed E-state index contributed by atoms with van der Waals surface area (Å²) in [5.41, 5.74) is 4.85. The van der Waals surface area contributed by atoms with E-state index in [1.807, 2.05) is 31.2 Å². The summed E-state index contributed by atoms with van der Waals surface area (Å²) in [6, 6.07) is 14.4. The van der Waals surface area contributed by atoms with Gasteiger partial charge >= 0.3 is 5.97 Å². The van der Waals surface area contributed by atoms with E-state index >= 15 is 0 Å². The Morgan fingerprint density at radius 2 is 1.81 bits per heavy atom. The predicted molar refractivity (Wildman–Crippen MR) is 106 cm³/mol. The van der Waals surface area contributed by atoms with Crippen molar-refractivity contribution in [1.29, 1.82) is 0 Å². The van der Waals surface area contributed by atoms with Gasteiger partial charge in [0.1, 0.15) is 12.4 Å². The van der Waals surface area contributed by atoms with Gasteiger partial charge in [0.15, 0.2) is 0 Å². The van der Waals surface area contributed by atoms with Crippen LogP contribution in [0.3, 0.4) is 0 Å². The maximum absolute atomic E-state index is 11.3. The minimum atomic E-state index is -0.122. The Kier molecular flexibility index (Phi) is 7.94. The minimum absolute atomic E-state index is 0.122. The van der Waals surface area contributed by atoms with Crippen LogP contribution in [0.2, 0.25) is 0 Å². The van der Waals surface area contributed by atoms with Crippen molar-refractivity contribution >= 4 is 12.0 Å². The summed E-state index contributed by atoms with van der Waals surface area (Å²) in [6.07, 6.45) is 6.28. The maximum Gasteiger partial charge on any atom is 0.305 e. The first-order chi connectivity index (χ1) is 12.6. The Bertz CT molecular complexity index is 727. The van der Waals surface area contributed by atoms with Crippen LogP contribution < -0.4 is 4.74 Å². The summed E-state index contributed by atoms with van der Waals surface area (Å²) in [5, 5.41) is 0. The average Bonchev–Trinajstić information content (AvgIpc) is 2.62. The van der Waals surface area contributed by atoms with Gasteiger partial charge in [-0.2, -0.15) is 0 Å². The first-order valence-electron chi connectivity index (χ1n) is 9.20. The van der Waals surface area contributed by atoms with E-state index in [-0.39, 0.29) is 5.97 Å². The number of allylic oxidation sites excluding steroid dienone is 1. The number of aryl methyl sites for hydroxylation is 2. The highest BCUT2D eigenvalue weighted by Crippen LogP contribution is 2.19. The van der Waals surface area contributed by atoms with E-state index in [9.17, 15) is 4.79 Å². The van der Waals surface area contributed by atoms with E-state index in [1.54, 1.807) is 0 Å². The van der Waals surface area contributed by atoms with E-state index in [1.165, 1.54) is 16.7 Å². The molecule has 0 aliphatic heterocycles. The molecule has 2 aromatic rings. The fourth-order valence-electron chi connectivity index (χ4n) is 2.76. The smallest absolute Gasteiger partial charge is 0.305 e. The third-order valence-electron chi connectivity index (χ3n) is 4.25. The average molecular weight is 352 g/mol. The van der Waals surface area contributed by atoms with Crippen LogP contribution in [0.25, 0.3) is 6.08 Å². The van der Waals surface area contributed by atoms with Gasteiger partial charge in [0.25, 0.3) is 0 Å². The second kappa shape index (κ2) is 10.4. The normalized spacial score (nSPS) is 10.9. The SMILES string of the molecule is CCOC(=O)CCC/C=C/c1cccc(OCc2c(C)cccc2C)c1. The van der Waals surface area contributed by atoms with Crippen LogP contribution >= 0.6 is 0 Å². The van der Waals surface area contributed by atoms with Gasteiger partial charge < -0.3 is 9.47 Å². The molecule has 0 bridgehead atoms. The van der Waals surface area contributed by atoms with E-state index in [0.29, 0.717) is 19.6 Å². The molecule has 0 N–H and O–H groups in total. The zero-order chi connectivity index (χ0) is 18.8. The summed E-state index contributed by atoms with van der Waals surface area (Å²) in [4.78, 5) is 11.3. The third kappa shape index (κ3) is 6.40. The van der Waals surface area contributed by atoms with Crippen molar-refractivity contribution in [3.8, 4) is 5.75 Å². The number of esters is 1. The molecule has 0 atom stereocenters. The molecule has 0 aliphatic carbocycles. The molecule has 0 aromatic heterocycles. The summed E-state index contributed by atoms with van der Waals surface area (Å²) < 4.78 is 10.9. The van der Waals surface area contributed by atoms with Crippen LogP contribution in [0.1, 0.15) is 48.4 Å². The lowest BCUT2D eigenvalue weighted by molar-refractivity contribution is -0.143. The summed E-state index contributed by atoms with van der Waals surface area (Å²) >= 11 is 0. The predicted octanol–water partition coefficient (Wildman–Crippen LogP) is 5.63. The second-order valence-electron chi connectivity index (χ2n) is 6.33. The quantitative estimate of drug-likeness (QED) is 0.433. The first kappa shape index (κ1) is 19.8. The Morgan fingerprint density at radius 3 is 2.54 bits per heavy atom. The molecular weight excluding hydrogens is 324 g/mol. The summed E-state index contributed by atoms with van der Waals surface area (Å²) in [5.74, 6) is 0.740. The van der Waals surface area contributed by atoms with Crippen molar-refractivity contribution in [2.45, 2.75) is 46.6 Å². The number of carbonyl (C=O) groups excluding carboxylic acids is 1. The zero-order valence-electron chi connectivity index (χ0n) is 16.0. The lowest BCUT2D eigenvalue weighted by Crippen LogP contribution is -2.02. The van der Waals surface area contributed by atoms with Gasteiger partial charge in [-0.05, 0) is 68.0 Å². The molecule has 26 heavy (non-hydrogen) atoms. The molecule has 0 unspecified atom stereocenters. The van der Waals surface area contributed by atoms with Crippen LogP contribution in [-0.4, -0.2) is 12.6 Å². The van der Waals surface area contributed by atoms with Gasteiger partial charge in [-0.3, -0.25) is 4.79 Å². The highest BCUT2D eigenvalue weighted by molar-refractivity contribution is 5.69. The van der Waals surface area contributed by atoms with E-state index < -0.39 is 0 Å². The van der Waals surface area contributed by atoms with Crippen LogP contribution in [0, 0.1) is 13.8 Å². The van der Waals surface area contributed by atoms with Crippen LogP contribution in [0.15, 0.2) is 48.5 Å². The van der Waals surface area contributed by atoms with Crippen LogP contribution in [-0.2, 0) is 16.1 Å². The highest BCUT2D eigenvalue weighted by atomic mass is 16.5. The molecule has 0 aliphatic rings. The minimum Gasteiger partial charge on any atom is -0.489 e. The summed E-state index contributed by atoms with van der Waals surface area (Å²) in [6.45, 7) is 7.07. The fraction of sp³-hybridized carbons (Fsp3) is 0.348. The number of hydrogen-bond donors (Lipinski definition) is 0. The van der Waals surface area contributed by atoms with Crippen LogP contribution in [0.4, 0.5) is 0 Å². The largest absolute Gasteiger partial charge is 0.489 e. The third-order valence-corrected chi connectivity index (χ3v) is 4.25. The van der Waals surface area contributed by atoms with Crippen LogP contribution in [0.5, 0.6) is 5.75 Å². The van der Waals surface area contributed by atoms with Gasteiger partial charge in [-0.1, -0.05) is 42.5 Å². The molecule has 2 rings (SSSR count). The number of benzene rings is 2. The number of hydrogen-bond acceptors (Lipinski definition) is 3. The molecule has 138 valence electrons. The van der Waals surface area contributed by atoms with Gasteiger partial charge in [-0.15, -0.1) is 0 Å².